The molecule has 0 atom stereocenters. The highest BCUT2D eigenvalue weighted by molar-refractivity contribution is 7.92. The van der Waals surface area contributed by atoms with Crippen molar-refractivity contribution in [2.45, 2.75) is 18.7 Å². The van der Waals surface area contributed by atoms with Gasteiger partial charge in [-0.25, -0.2) is 13.2 Å². The van der Waals surface area contributed by atoms with Crippen LogP contribution in [0.25, 0.3) is 0 Å². The van der Waals surface area contributed by atoms with Gasteiger partial charge in [-0.3, -0.25) is 4.72 Å². The highest BCUT2D eigenvalue weighted by Gasteiger charge is 2.22. The fraction of sp³-hybridized carbons (Fsp3) is 0.278. The lowest BCUT2D eigenvalue weighted by Crippen LogP contribution is -2.21. The molecule has 0 amide bonds. The van der Waals surface area contributed by atoms with Crippen molar-refractivity contribution in [2.75, 3.05) is 29.8 Å². The molecule has 2 rings (SSSR count). The Labute approximate surface area is 148 Å². The van der Waals surface area contributed by atoms with Crippen molar-refractivity contribution in [2.24, 2.45) is 0 Å². The number of ether oxygens (including phenoxy) is 1. The molecule has 0 saturated heterocycles. The first-order valence-electron chi connectivity index (χ1n) is 7.98. The number of rotatable bonds is 7. The minimum atomic E-state index is -3.91. The van der Waals surface area contributed by atoms with Crippen LogP contribution < -0.4 is 9.62 Å². The maximum absolute atomic E-state index is 12.6. The van der Waals surface area contributed by atoms with Crippen molar-refractivity contribution in [3.05, 3.63) is 54.1 Å². The normalized spacial score (nSPS) is 11.0. The van der Waals surface area contributed by atoms with Crippen LogP contribution in [0.4, 0.5) is 11.4 Å². The van der Waals surface area contributed by atoms with Gasteiger partial charge in [0.25, 0.3) is 10.0 Å². The summed E-state index contributed by atoms with van der Waals surface area (Å²) in [4.78, 5) is 13.8. The first kappa shape index (κ1) is 18.8. The number of nitrogens with one attached hydrogen (secondary N) is 1. The van der Waals surface area contributed by atoms with Crippen LogP contribution in [0.2, 0.25) is 0 Å². The number of benzene rings is 2. The molecular weight excluding hydrogens is 340 g/mol. The van der Waals surface area contributed by atoms with Crippen LogP contribution in [0.5, 0.6) is 0 Å². The predicted molar refractivity (Wildman–Crippen MR) is 98.6 cm³/mol. The number of esters is 1. The fourth-order valence-electron chi connectivity index (χ4n) is 2.52. The zero-order valence-electron chi connectivity index (χ0n) is 14.5. The quantitative estimate of drug-likeness (QED) is 0.766. The fourth-order valence-corrected chi connectivity index (χ4v) is 3.77. The average molecular weight is 362 g/mol. The Hall–Kier alpha value is -2.54. The van der Waals surface area contributed by atoms with Crippen LogP contribution in [-0.4, -0.2) is 34.6 Å². The van der Waals surface area contributed by atoms with Gasteiger partial charge in [-0.2, -0.15) is 0 Å². The summed E-state index contributed by atoms with van der Waals surface area (Å²) >= 11 is 0. The van der Waals surface area contributed by atoms with Crippen LogP contribution in [-0.2, 0) is 14.8 Å². The number of hydrogen-bond donors (Lipinski definition) is 1. The van der Waals surface area contributed by atoms with E-state index in [1.165, 1.54) is 19.2 Å². The van der Waals surface area contributed by atoms with E-state index >= 15 is 0 Å². The molecule has 6 nitrogen and oxygen atoms in total. The van der Waals surface area contributed by atoms with E-state index in [0.717, 1.165) is 18.8 Å². The van der Waals surface area contributed by atoms with Crippen LogP contribution in [0.15, 0.2) is 53.4 Å². The molecule has 0 radical (unpaired) electrons. The SMILES string of the molecule is CCN(CC)c1ccc(NS(=O)(=O)c2ccccc2C(=O)OC)cc1. The molecule has 0 aliphatic heterocycles. The van der Waals surface area contributed by atoms with Crippen molar-refractivity contribution in [1.29, 1.82) is 0 Å². The zero-order chi connectivity index (χ0) is 18.4. The van der Waals surface area contributed by atoms with E-state index in [4.69, 9.17) is 0 Å². The summed E-state index contributed by atoms with van der Waals surface area (Å²) in [6, 6.07) is 13.1. The highest BCUT2D eigenvalue weighted by Crippen LogP contribution is 2.22. The molecule has 0 fully saturated rings. The predicted octanol–water partition coefficient (Wildman–Crippen LogP) is 3.12. The molecule has 0 heterocycles. The summed E-state index contributed by atoms with van der Waals surface area (Å²) in [6.07, 6.45) is 0. The van der Waals surface area contributed by atoms with E-state index in [1.807, 2.05) is 12.1 Å². The Morgan fingerprint density at radius 2 is 1.64 bits per heavy atom. The van der Waals surface area contributed by atoms with Gasteiger partial charge >= 0.3 is 5.97 Å². The van der Waals surface area contributed by atoms with Crippen LogP contribution in [0.3, 0.4) is 0 Å². The van der Waals surface area contributed by atoms with Crippen LogP contribution in [0.1, 0.15) is 24.2 Å². The standard InChI is InChI=1S/C18H22N2O4S/c1-4-20(5-2)15-12-10-14(11-13-15)19-25(22,23)17-9-7-6-8-16(17)18(21)24-3/h6-13,19H,4-5H2,1-3H3. The first-order chi connectivity index (χ1) is 11.9. The van der Waals surface area contributed by atoms with E-state index in [9.17, 15) is 13.2 Å². The van der Waals surface area contributed by atoms with E-state index in [2.05, 4.69) is 28.2 Å². The number of nitrogens with zero attached hydrogens (tertiary/aromatic N) is 1. The monoisotopic (exact) mass is 362 g/mol. The Balaban J connectivity index is 2.29. The van der Waals surface area contributed by atoms with Gasteiger partial charge in [0.05, 0.1) is 12.7 Å². The summed E-state index contributed by atoms with van der Waals surface area (Å²) in [5.41, 5.74) is 1.44. The minimum absolute atomic E-state index is 0.00254. The van der Waals surface area contributed by atoms with Crippen LogP contribution >= 0.6 is 0 Å². The maximum Gasteiger partial charge on any atom is 0.339 e. The number of anilines is 2. The topological polar surface area (TPSA) is 75.7 Å². The summed E-state index contributed by atoms with van der Waals surface area (Å²) in [7, 11) is -2.69. The Morgan fingerprint density at radius 3 is 2.20 bits per heavy atom. The highest BCUT2D eigenvalue weighted by atomic mass is 32.2. The Morgan fingerprint density at radius 1 is 1.04 bits per heavy atom. The third-order valence-electron chi connectivity index (χ3n) is 3.83. The molecule has 0 aromatic heterocycles. The summed E-state index contributed by atoms with van der Waals surface area (Å²) in [5, 5.41) is 0. The van der Waals surface area contributed by atoms with Gasteiger partial charge < -0.3 is 9.64 Å². The second kappa shape index (κ2) is 8.02. The first-order valence-corrected chi connectivity index (χ1v) is 9.46. The number of methoxy groups -OCH3 is 1. The van der Waals surface area contributed by atoms with Gasteiger partial charge in [0.2, 0.25) is 0 Å². The lowest BCUT2D eigenvalue weighted by Gasteiger charge is -2.21. The molecule has 0 aliphatic rings. The van der Waals surface area contributed by atoms with E-state index in [1.54, 1.807) is 24.3 Å². The zero-order valence-corrected chi connectivity index (χ0v) is 15.3. The number of carbonyl (C=O) groups excluding carboxylic acids is 1. The molecular formula is C18H22N2O4S. The van der Waals surface area contributed by atoms with Crippen molar-refractivity contribution < 1.29 is 17.9 Å². The van der Waals surface area contributed by atoms with E-state index in [0.29, 0.717) is 5.69 Å². The molecule has 7 heteroatoms. The third-order valence-corrected chi connectivity index (χ3v) is 5.27. The molecule has 134 valence electrons. The average Bonchev–Trinajstić information content (AvgIpc) is 2.63. The minimum Gasteiger partial charge on any atom is -0.465 e. The number of carbonyl (C=O) groups is 1. The van der Waals surface area contributed by atoms with Crippen LogP contribution in [0, 0.1) is 0 Å². The van der Waals surface area contributed by atoms with Gasteiger partial charge in [-0.1, -0.05) is 12.1 Å². The molecule has 0 bridgehead atoms. The smallest absolute Gasteiger partial charge is 0.339 e. The molecule has 0 saturated carbocycles. The molecule has 0 unspecified atom stereocenters. The second-order valence-electron chi connectivity index (χ2n) is 5.31. The second-order valence-corrected chi connectivity index (χ2v) is 6.96. The van der Waals surface area contributed by atoms with Gasteiger partial charge in [-0.05, 0) is 50.2 Å². The largest absolute Gasteiger partial charge is 0.465 e. The lowest BCUT2D eigenvalue weighted by molar-refractivity contribution is 0.0596. The third kappa shape index (κ3) is 4.30. The molecule has 2 aromatic carbocycles. The van der Waals surface area contributed by atoms with Gasteiger partial charge in [0.15, 0.2) is 0 Å². The van der Waals surface area contributed by atoms with Crippen molar-refractivity contribution in [1.82, 2.24) is 0 Å². The molecule has 1 N–H and O–H groups in total. The van der Waals surface area contributed by atoms with Crippen molar-refractivity contribution >= 4 is 27.4 Å². The molecule has 0 aliphatic carbocycles. The van der Waals surface area contributed by atoms with Crippen molar-refractivity contribution in [3.63, 3.8) is 0 Å². The maximum atomic E-state index is 12.6. The van der Waals surface area contributed by atoms with Crippen molar-refractivity contribution in [3.8, 4) is 0 Å². The summed E-state index contributed by atoms with van der Waals surface area (Å²) in [5.74, 6) is -0.696. The van der Waals surface area contributed by atoms with Gasteiger partial charge in [0.1, 0.15) is 4.90 Å². The number of sulfonamides is 1. The molecule has 2 aromatic rings. The molecule has 25 heavy (non-hydrogen) atoms. The number of hydrogen-bond acceptors (Lipinski definition) is 5. The van der Waals surface area contributed by atoms with Gasteiger partial charge in [0, 0.05) is 24.5 Å². The summed E-state index contributed by atoms with van der Waals surface area (Å²) < 4.78 is 32.4. The Bertz CT molecular complexity index is 828. The Kier molecular flexibility index (Phi) is 6.03. The lowest BCUT2D eigenvalue weighted by atomic mass is 10.2. The summed E-state index contributed by atoms with van der Waals surface area (Å²) in [6.45, 7) is 5.86. The van der Waals surface area contributed by atoms with Gasteiger partial charge in [-0.15, -0.1) is 0 Å². The van der Waals surface area contributed by atoms with E-state index in [-0.39, 0.29) is 10.5 Å². The molecule has 0 spiro atoms. The van der Waals surface area contributed by atoms with E-state index < -0.39 is 16.0 Å².